The Morgan fingerprint density at radius 1 is 1.09 bits per heavy atom. The van der Waals surface area contributed by atoms with Crippen molar-refractivity contribution in [3.63, 3.8) is 0 Å². The van der Waals surface area contributed by atoms with E-state index in [1.54, 1.807) is 24.3 Å². The molecule has 0 aliphatic carbocycles. The van der Waals surface area contributed by atoms with Crippen LogP contribution in [0.4, 0.5) is 4.39 Å². The van der Waals surface area contributed by atoms with Crippen LogP contribution in [-0.2, 0) is 0 Å². The summed E-state index contributed by atoms with van der Waals surface area (Å²) in [5.41, 5.74) is 0. The molecule has 0 aromatic heterocycles. The molecule has 2 aromatic rings. The molecule has 0 amide bonds. The van der Waals surface area contributed by atoms with Gasteiger partial charge < -0.3 is 0 Å². The van der Waals surface area contributed by atoms with Gasteiger partial charge in [0, 0.05) is 5.39 Å². The Morgan fingerprint density at radius 3 is 2.73 bits per heavy atom. The molecule has 0 fully saturated rings. The van der Waals surface area contributed by atoms with Gasteiger partial charge in [0.25, 0.3) is 0 Å². The monoisotopic (exact) mass is 147 g/mol. The molecular formula is C10H7F. The van der Waals surface area contributed by atoms with E-state index >= 15 is 0 Å². The van der Waals surface area contributed by atoms with E-state index in [-0.39, 0.29) is 5.82 Å². The molecule has 2 aromatic carbocycles. The van der Waals surface area contributed by atoms with E-state index in [0.717, 1.165) is 0 Å². The Kier molecular flexibility index (Phi) is 1.13. The average molecular weight is 147 g/mol. The van der Waals surface area contributed by atoms with Gasteiger partial charge in [-0.05, 0) is 11.5 Å². The summed E-state index contributed by atoms with van der Waals surface area (Å²) >= 11 is 0. The van der Waals surface area contributed by atoms with Gasteiger partial charge in [-0.3, -0.25) is 0 Å². The van der Waals surface area contributed by atoms with Gasteiger partial charge in [-0.15, -0.1) is 0 Å². The third-order valence-electron chi connectivity index (χ3n) is 1.65. The van der Waals surface area contributed by atoms with Crippen molar-refractivity contribution in [3.05, 3.63) is 48.3 Å². The summed E-state index contributed by atoms with van der Waals surface area (Å²) in [7, 11) is 0. The van der Waals surface area contributed by atoms with Gasteiger partial charge in [0.2, 0.25) is 0 Å². The zero-order valence-corrected chi connectivity index (χ0v) is 5.84. The maximum Gasteiger partial charge on any atom is 0.131 e. The zero-order chi connectivity index (χ0) is 8.55. The number of fused-ring (bicyclic) bond motifs is 1. The van der Waals surface area contributed by atoms with Crippen LogP contribution >= 0.6 is 0 Å². The molecule has 11 heavy (non-hydrogen) atoms. The van der Waals surface area contributed by atoms with Gasteiger partial charge in [-0.1, -0.05) is 36.4 Å². The summed E-state index contributed by atoms with van der Waals surface area (Å²) in [5.74, 6) is -0.262. The Bertz CT molecular complexity index is 383. The molecule has 1 heteroatoms. The highest BCUT2D eigenvalue weighted by Gasteiger charge is 1.95. The topological polar surface area (TPSA) is 0 Å². The third-order valence-corrected chi connectivity index (χ3v) is 1.65. The lowest BCUT2D eigenvalue weighted by molar-refractivity contribution is 0.640. The molecular weight excluding hydrogens is 139 g/mol. The molecule has 0 bridgehead atoms. The minimum Gasteiger partial charge on any atom is -0.206 e. The van der Waals surface area contributed by atoms with Gasteiger partial charge in [0.1, 0.15) is 5.82 Å². The van der Waals surface area contributed by atoms with Crippen LogP contribution in [0.1, 0.15) is 1.37 Å². The van der Waals surface area contributed by atoms with E-state index in [4.69, 9.17) is 1.37 Å². The fraction of sp³-hybridized carbons (Fsp3) is 0. The lowest BCUT2D eigenvalue weighted by Gasteiger charge is -1.95. The molecule has 0 saturated heterocycles. The van der Waals surface area contributed by atoms with Gasteiger partial charge >= 0.3 is 0 Å². The minimum atomic E-state index is -0.262. The molecule has 0 unspecified atom stereocenters. The van der Waals surface area contributed by atoms with Crippen LogP contribution in [0.5, 0.6) is 0 Å². The Morgan fingerprint density at radius 2 is 1.91 bits per heavy atom. The maximum absolute atomic E-state index is 13.1. The second-order valence-corrected chi connectivity index (χ2v) is 2.37. The average Bonchev–Trinajstić information content (AvgIpc) is 2.12. The molecule has 0 spiro atoms. The molecule has 0 nitrogen and oxygen atoms in total. The molecule has 0 heterocycles. The summed E-state index contributed by atoms with van der Waals surface area (Å²) in [6.45, 7) is 0. The van der Waals surface area contributed by atoms with Gasteiger partial charge in [-0.25, -0.2) is 4.39 Å². The summed E-state index contributed by atoms with van der Waals surface area (Å²) < 4.78 is 20.6. The van der Waals surface area contributed by atoms with E-state index < -0.39 is 0 Å². The summed E-state index contributed by atoms with van der Waals surface area (Å²) in [6.07, 6.45) is 0. The van der Waals surface area contributed by atoms with Crippen molar-refractivity contribution in [1.29, 1.82) is 0 Å². The van der Waals surface area contributed by atoms with Crippen LogP contribution in [0.15, 0.2) is 42.4 Å². The lowest BCUT2D eigenvalue weighted by Crippen LogP contribution is -1.76. The fourth-order valence-corrected chi connectivity index (χ4v) is 1.11. The summed E-state index contributed by atoms with van der Waals surface area (Å²) in [5, 5.41) is 1.18. The molecule has 0 aliphatic rings. The van der Waals surface area contributed by atoms with E-state index in [1.165, 1.54) is 12.1 Å². The smallest absolute Gasteiger partial charge is 0.131 e. The molecule has 0 N–H and O–H groups in total. The number of hydrogen-bond acceptors (Lipinski definition) is 0. The zero-order valence-electron chi connectivity index (χ0n) is 6.84. The summed E-state index contributed by atoms with van der Waals surface area (Å²) in [4.78, 5) is 0. The van der Waals surface area contributed by atoms with Crippen LogP contribution in [0.2, 0.25) is 0 Å². The van der Waals surface area contributed by atoms with Crippen LogP contribution in [0.25, 0.3) is 10.8 Å². The normalized spacial score (nSPS) is 11.5. The largest absolute Gasteiger partial charge is 0.206 e. The van der Waals surface area contributed by atoms with Gasteiger partial charge in [0.15, 0.2) is 0 Å². The summed E-state index contributed by atoms with van der Waals surface area (Å²) in [6, 6.07) is 10.2. The predicted molar refractivity (Wildman–Crippen MR) is 43.9 cm³/mol. The standard InChI is InChI=1S/C10H7F/c11-10-7-3-5-8-4-1-2-6-9(8)10/h1-7H/i5D. The van der Waals surface area contributed by atoms with Crippen molar-refractivity contribution >= 4 is 10.8 Å². The van der Waals surface area contributed by atoms with Crippen molar-refractivity contribution in [2.75, 3.05) is 0 Å². The Hall–Kier alpha value is -1.37. The quantitative estimate of drug-likeness (QED) is 0.537. The van der Waals surface area contributed by atoms with Crippen molar-refractivity contribution in [3.8, 4) is 0 Å². The second kappa shape index (κ2) is 2.35. The van der Waals surface area contributed by atoms with E-state index in [1.807, 2.05) is 0 Å². The van der Waals surface area contributed by atoms with Crippen LogP contribution in [-0.4, -0.2) is 0 Å². The van der Waals surface area contributed by atoms with Crippen molar-refractivity contribution in [2.45, 2.75) is 0 Å². The third kappa shape index (κ3) is 0.984. The van der Waals surface area contributed by atoms with E-state index in [9.17, 15) is 4.39 Å². The molecule has 0 atom stereocenters. The lowest BCUT2D eigenvalue weighted by atomic mass is 10.1. The first-order chi connectivity index (χ1) is 5.79. The fourth-order valence-electron chi connectivity index (χ4n) is 1.11. The molecule has 0 aliphatic heterocycles. The van der Waals surface area contributed by atoms with Crippen LogP contribution in [0.3, 0.4) is 0 Å². The van der Waals surface area contributed by atoms with Crippen LogP contribution in [0, 0.1) is 5.82 Å². The minimum absolute atomic E-state index is 0.262. The van der Waals surface area contributed by atoms with E-state index in [2.05, 4.69) is 0 Å². The molecule has 0 saturated carbocycles. The van der Waals surface area contributed by atoms with E-state index in [0.29, 0.717) is 16.8 Å². The Balaban J connectivity index is 2.95. The first-order valence-corrected chi connectivity index (χ1v) is 3.43. The maximum atomic E-state index is 13.1. The molecule has 2 rings (SSSR count). The van der Waals surface area contributed by atoms with Crippen molar-refractivity contribution in [1.82, 2.24) is 0 Å². The van der Waals surface area contributed by atoms with Crippen LogP contribution < -0.4 is 0 Å². The highest BCUT2D eigenvalue weighted by atomic mass is 19.1. The highest BCUT2D eigenvalue weighted by molar-refractivity contribution is 5.82. The van der Waals surface area contributed by atoms with Gasteiger partial charge in [0.05, 0.1) is 1.37 Å². The van der Waals surface area contributed by atoms with Crippen molar-refractivity contribution in [2.24, 2.45) is 0 Å². The number of rotatable bonds is 0. The van der Waals surface area contributed by atoms with Crippen molar-refractivity contribution < 1.29 is 5.76 Å². The highest BCUT2D eigenvalue weighted by Crippen LogP contribution is 2.15. The number of hydrogen-bond donors (Lipinski definition) is 0. The molecule has 0 radical (unpaired) electrons. The first-order valence-electron chi connectivity index (χ1n) is 3.93. The second-order valence-electron chi connectivity index (χ2n) is 2.37. The van der Waals surface area contributed by atoms with Gasteiger partial charge in [-0.2, -0.15) is 0 Å². The predicted octanol–water partition coefficient (Wildman–Crippen LogP) is 2.98. The molecule has 54 valence electrons. The number of benzene rings is 2. The Labute approximate surface area is 65.7 Å². The SMILES string of the molecule is [2H]c1ccc(F)c2ccccc12. The number of halogens is 1. The first kappa shape index (κ1) is 5.30.